The van der Waals surface area contributed by atoms with Crippen LogP contribution in [0.3, 0.4) is 0 Å². The van der Waals surface area contributed by atoms with Crippen LogP contribution in [0.4, 0.5) is 0 Å². The Morgan fingerprint density at radius 3 is 2.46 bits per heavy atom. The van der Waals surface area contributed by atoms with Crippen molar-refractivity contribution in [2.24, 2.45) is 11.5 Å². The zero-order valence-corrected chi connectivity index (χ0v) is 22.5. The number of hydrogen-bond acceptors (Lipinski definition) is 7. The molecule has 2 fully saturated rings. The number of amides is 2. The second-order valence-corrected chi connectivity index (χ2v) is 11.8. The molecule has 6 N–H and O–H groups in total. The lowest BCUT2D eigenvalue weighted by Gasteiger charge is -2.35. The van der Waals surface area contributed by atoms with Crippen molar-refractivity contribution in [2.45, 2.75) is 68.2 Å². The minimum atomic E-state index is -4.22. The maximum absolute atomic E-state index is 13.7. The number of carbonyl (C=O) groups excluding carboxylic acids is 3. The van der Waals surface area contributed by atoms with Crippen molar-refractivity contribution < 1.29 is 27.5 Å². The number of carbonyl (C=O) groups is 3. The van der Waals surface area contributed by atoms with Crippen LogP contribution in [0.5, 0.6) is 0 Å². The Labute approximate surface area is 227 Å². The quantitative estimate of drug-likeness (QED) is 0.186. The Morgan fingerprint density at radius 2 is 1.82 bits per heavy atom. The number of sulfonamides is 1. The van der Waals surface area contributed by atoms with Crippen molar-refractivity contribution in [3.8, 4) is 0 Å². The van der Waals surface area contributed by atoms with Gasteiger partial charge in [-0.2, -0.15) is 4.72 Å². The van der Waals surface area contributed by atoms with Gasteiger partial charge in [0.05, 0.1) is 17.9 Å². The van der Waals surface area contributed by atoms with Gasteiger partial charge in [0.15, 0.2) is 5.96 Å². The van der Waals surface area contributed by atoms with Gasteiger partial charge in [-0.15, -0.1) is 0 Å². The maximum Gasteiger partial charge on any atom is 0.328 e. The van der Waals surface area contributed by atoms with Crippen LogP contribution in [0.2, 0.25) is 0 Å². The van der Waals surface area contributed by atoms with Crippen LogP contribution in [0.15, 0.2) is 47.4 Å². The molecule has 1 saturated carbocycles. The van der Waals surface area contributed by atoms with E-state index in [-0.39, 0.29) is 23.4 Å². The third-order valence-corrected chi connectivity index (χ3v) is 8.46. The highest BCUT2D eigenvalue weighted by atomic mass is 32.2. The number of guanidine groups is 1. The van der Waals surface area contributed by atoms with Crippen molar-refractivity contribution in [1.82, 2.24) is 14.5 Å². The third-order valence-electron chi connectivity index (χ3n) is 6.99. The molecule has 0 aromatic heterocycles. The summed E-state index contributed by atoms with van der Waals surface area (Å²) < 4.78 is 34.6. The van der Waals surface area contributed by atoms with E-state index in [2.05, 4.69) is 4.72 Å². The second-order valence-electron chi connectivity index (χ2n) is 10.0. The zero-order chi connectivity index (χ0) is 28.3. The van der Waals surface area contributed by atoms with E-state index in [1.165, 1.54) is 24.0 Å². The molecule has 2 aromatic carbocycles. The molecule has 0 radical (unpaired) electrons. The molecule has 2 aromatic rings. The van der Waals surface area contributed by atoms with Crippen LogP contribution in [0.25, 0.3) is 10.8 Å². The van der Waals surface area contributed by atoms with Gasteiger partial charge in [0.2, 0.25) is 21.8 Å². The van der Waals surface area contributed by atoms with Gasteiger partial charge >= 0.3 is 5.97 Å². The maximum atomic E-state index is 13.7. The van der Waals surface area contributed by atoms with Gasteiger partial charge in [-0.3, -0.25) is 15.0 Å². The zero-order valence-electron chi connectivity index (χ0n) is 21.7. The fraction of sp³-hybridized carbons (Fsp3) is 0.462. The summed E-state index contributed by atoms with van der Waals surface area (Å²) in [5.41, 5.74) is 11.0. The minimum Gasteiger partial charge on any atom is -0.459 e. The fourth-order valence-corrected chi connectivity index (χ4v) is 6.04. The summed E-state index contributed by atoms with van der Waals surface area (Å²) in [6.45, 7) is 2.39. The Morgan fingerprint density at radius 1 is 1.13 bits per heavy atom. The highest BCUT2D eigenvalue weighted by Gasteiger charge is 2.43. The fourth-order valence-electron chi connectivity index (χ4n) is 4.82. The molecule has 39 heavy (non-hydrogen) atoms. The highest BCUT2D eigenvalue weighted by molar-refractivity contribution is 7.89. The number of nitrogens with two attached hydrogens (primary N) is 2. The average Bonchev–Trinajstić information content (AvgIpc) is 3.73. The Bertz CT molecular complexity index is 1380. The van der Waals surface area contributed by atoms with Crippen LogP contribution in [-0.2, 0) is 29.1 Å². The number of piperidine rings is 1. The molecule has 1 unspecified atom stereocenters. The van der Waals surface area contributed by atoms with Gasteiger partial charge < -0.3 is 26.0 Å². The van der Waals surface area contributed by atoms with Crippen molar-refractivity contribution in [3.05, 3.63) is 42.5 Å². The largest absolute Gasteiger partial charge is 0.459 e. The van der Waals surface area contributed by atoms with E-state index in [0.29, 0.717) is 37.6 Å². The number of esters is 1. The Kier molecular flexibility index (Phi) is 8.40. The van der Waals surface area contributed by atoms with Gasteiger partial charge in [-0.05, 0) is 55.5 Å². The van der Waals surface area contributed by atoms with E-state index in [1.807, 2.05) is 12.1 Å². The Balaban J connectivity index is 1.52. The second kappa shape index (κ2) is 11.6. The van der Waals surface area contributed by atoms with E-state index in [4.69, 9.17) is 21.6 Å². The van der Waals surface area contributed by atoms with Crippen molar-refractivity contribution in [2.75, 3.05) is 13.1 Å². The Hall–Kier alpha value is -3.71. The number of fused-ring (bicyclic) bond motifs is 1. The summed E-state index contributed by atoms with van der Waals surface area (Å²) in [5.74, 6) is -2.35. The van der Waals surface area contributed by atoms with Gasteiger partial charge in [0.25, 0.3) is 0 Å². The molecule has 3 atom stereocenters. The monoisotopic (exact) mass is 558 g/mol. The van der Waals surface area contributed by atoms with Crippen molar-refractivity contribution in [3.63, 3.8) is 0 Å². The summed E-state index contributed by atoms with van der Waals surface area (Å²) >= 11 is 0. The van der Waals surface area contributed by atoms with E-state index in [9.17, 15) is 22.8 Å². The number of benzene rings is 2. The average molecular weight is 559 g/mol. The minimum absolute atomic E-state index is 0.0683. The lowest BCUT2D eigenvalue weighted by atomic mass is 10.1. The first-order valence-electron chi connectivity index (χ1n) is 12.9. The van der Waals surface area contributed by atoms with Crippen LogP contribution in [-0.4, -0.2) is 79.3 Å². The van der Waals surface area contributed by atoms with Crippen molar-refractivity contribution >= 4 is 44.5 Å². The summed E-state index contributed by atoms with van der Waals surface area (Å²) in [6, 6.07) is 8.97. The van der Waals surface area contributed by atoms with Crippen LogP contribution >= 0.6 is 0 Å². The third kappa shape index (κ3) is 6.84. The molecule has 0 bridgehead atoms. The standard InChI is InChI=1S/C26H34N6O6S/c1-16(25(35)38-20-7-4-12-31(15-20)26(28)29)32(19-9-10-19)24(34)22(14-23(27)33)30-39(36,37)21-11-8-17-5-2-3-6-18(17)13-21/h2-3,5-6,8,11,13,16,19-20,22,30H,4,7,9-10,12,14-15H2,1H3,(H2,27,33)(H3,28,29)/t16?,20-,22-/m0/s1. The number of primary amides is 1. The molecular weight excluding hydrogens is 524 g/mol. The van der Waals surface area contributed by atoms with E-state index in [0.717, 1.165) is 5.39 Å². The predicted octanol–water partition coefficient (Wildman–Crippen LogP) is 0.643. The number of likely N-dealkylation sites (tertiary alicyclic amines) is 1. The van der Waals surface area contributed by atoms with Crippen molar-refractivity contribution in [1.29, 1.82) is 5.41 Å². The molecule has 12 nitrogen and oxygen atoms in total. The molecule has 1 heterocycles. The van der Waals surface area contributed by atoms with Crippen LogP contribution < -0.4 is 16.2 Å². The molecular formula is C26H34N6O6S. The summed E-state index contributed by atoms with van der Waals surface area (Å²) in [7, 11) is -4.22. The molecule has 210 valence electrons. The van der Waals surface area contributed by atoms with Crippen LogP contribution in [0.1, 0.15) is 39.0 Å². The molecule has 1 aliphatic heterocycles. The van der Waals surface area contributed by atoms with Gasteiger partial charge in [-0.1, -0.05) is 30.3 Å². The molecule has 2 amide bonds. The molecule has 0 spiro atoms. The number of rotatable bonds is 10. The molecule has 2 aliphatic rings. The normalized spacial score (nSPS) is 19.2. The lowest BCUT2D eigenvalue weighted by molar-refractivity contribution is -0.161. The lowest BCUT2D eigenvalue weighted by Crippen LogP contribution is -2.55. The topological polar surface area (TPSA) is 189 Å². The number of nitrogens with zero attached hydrogens (tertiary/aromatic N) is 2. The summed E-state index contributed by atoms with van der Waals surface area (Å²) in [4.78, 5) is 41.5. The van der Waals surface area contributed by atoms with Gasteiger partial charge in [-0.25, -0.2) is 13.2 Å². The number of nitrogens with one attached hydrogen (secondary N) is 2. The SMILES string of the molecule is CC(C(=O)O[C@H]1CCCN(C(=N)N)C1)N(C(=O)[C@H](CC(N)=O)NS(=O)(=O)c1ccc2ccccc2c1)C1CC1. The number of ether oxygens (including phenoxy) is 1. The first kappa shape index (κ1) is 28.3. The van der Waals surface area contributed by atoms with E-state index < -0.39 is 52.4 Å². The van der Waals surface area contributed by atoms with E-state index in [1.54, 1.807) is 23.1 Å². The summed E-state index contributed by atoms with van der Waals surface area (Å²) in [6.07, 6.45) is 1.47. The smallest absolute Gasteiger partial charge is 0.328 e. The predicted molar refractivity (Wildman–Crippen MR) is 144 cm³/mol. The van der Waals surface area contributed by atoms with Gasteiger partial charge in [0.1, 0.15) is 18.2 Å². The molecule has 1 saturated heterocycles. The first-order valence-corrected chi connectivity index (χ1v) is 14.4. The molecule has 1 aliphatic carbocycles. The van der Waals surface area contributed by atoms with E-state index >= 15 is 0 Å². The summed E-state index contributed by atoms with van der Waals surface area (Å²) in [5, 5.41) is 9.17. The molecule has 4 rings (SSSR count). The van der Waals surface area contributed by atoms with Crippen LogP contribution in [0, 0.1) is 5.41 Å². The number of hydrogen-bond donors (Lipinski definition) is 4. The first-order chi connectivity index (χ1) is 18.5. The van der Waals surface area contributed by atoms with Gasteiger partial charge in [0, 0.05) is 12.6 Å². The molecule has 13 heteroatoms. The highest BCUT2D eigenvalue weighted by Crippen LogP contribution is 2.31.